The Morgan fingerprint density at radius 3 is 2.41 bits per heavy atom. The van der Waals surface area contributed by atoms with Gasteiger partial charge in [-0.25, -0.2) is 4.79 Å². The fourth-order valence-electron chi connectivity index (χ4n) is 2.57. The molecule has 27 heavy (non-hydrogen) atoms. The van der Waals surface area contributed by atoms with E-state index in [1.165, 1.54) is 12.1 Å². The second-order valence-electron chi connectivity index (χ2n) is 6.44. The number of carbonyl (C=O) groups is 2. The lowest BCUT2D eigenvalue weighted by molar-refractivity contribution is -0.385. The van der Waals surface area contributed by atoms with E-state index in [1.54, 1.807) is 11.8 Å². The molecule has 1 amide bonds. The lowest BCUT2D eigenvalue weighted by Crippen LogP contribution is -2.39. The van der Waals surface area contributed by atoms with Crippen molar-refractivity contribution >= 4 is 17.6 Å². The van der Waals surface area contributed by atoms with Gasteiger partial charge >= 0.3 is 5.97 Å². The van der Waals surface area contributed by atoms with Crippen LogP contribution >= 0.6 is 0 Å². The largest absolute Gasteiger partial charge is 0.452 e. The Hall–Kier alpha value is -3.22. The number of nitrogens with zero attached hydrogens (tertiary/aromatic N) is 2. The van der Waals surface area contributed by atoms with Crippen LogP contribution in [0.5, 0.6) is 0 Å². The standard InChI is InChI=1S/C20H22N2O5/c1-14(2)21(12-16-7-5-4-6-8-16)19(23)13-27-20(24)17-10-9-15(3)18(11-17)22(25)26/h4-11,14H,12-13H2,1-3H3. The molecule has 7 nitrogen and oxygen atoms in total. The maximum atomic E-state index is 12.5. The monoisotopic (exact) mass is 370 g/mol. The van der Waals surface area contributed by atoms with Crippen molar-refractivity contribution in [3.05, 3.63) is 75.3 Å². The van der Waals surface area contributed by atoms with Crippen LogP contribution in [0.3, 0.4) is 0 Å². The zero-order valence-corrected chi connectivity index (χ0v) is 15.5. The zero-order chi connectivity index (χ0) is 20.0. The fraction of sp³-hybridized carbons (Fsp3) is 0.300. The topological polar surface area (TPSA) is 89.8 Å². The molecule has 2 rings (SSSR count). The summed E-state index contributed by atoms with van der Waals surface area (Å²) in [6.45, 7) is 5.33. The molecule has 0 fully saturated rings. The molecule has 2 aromatic rings. The summed E-state index contributed by atoms with van der Waals surface area (Å²) in [6, 6.07) is 13.5. The van der Waals surface area contributed by atoms with E-state index < -0.39 is 17.5 Å². The highest BCUT2D eigenvalue weighted by molar-refractivity contribution is 5.92. The first-order valence-electron chi connectivity index (χ1n) is 8.55. The summed E-state index contributed by atoms with van der Waals surface area (Å²) in [5.41, 5.74) is 1.30. The summed E-state index contributed by atoms with van der Waals surface area (Å²) in [7, 11) is 0. The van der Waals surface area contributed by atoms with Crippen LogP contribution in [0.25, 0.3) is 0 Å². The molecule has 0 aliphatic carbocycles. The molecule has 0 heterocycles. The van der Waals surface area contributed by atoms with Crippen molar-refractivity contribution in [3.63, 3.8) is 0 Å². The maximum Gasteiger partial charge on any atom is 0.338 e. The molecule has 0 aromatic heterocycles. The fourth-order valence-corrected chi connectivity index (χ4v) is 2.57. The first kappa shape index (κ1) is 20.1. The molecule has 0 saturated carbocycles. The lowest BCUT2D eigenvalue weighted by Gasteiger charge is -2.26. The van der Waals surface area contributed by atoms with Gasteiger partial charge in [0.05, 0.1) is 10.5 Å². The number of ether oxygens (including phenoxy) is 1. The molecular formula is C20H22N2O5. The molecule has 0 N–H and O–H groups in total. The van der Waals surface area contributed by atoms with Gasteiger partial charge in [0.1, 0.15) is 0 Å². The minimum Gasteiger partial charge on any atom is -0.452 e. The number of hydrogen-bond acceptors (Lipinski definition) is 5. The molecule has 0 radical (unpaired) electrons. The summed E-state index contributed by atoms with van der Waals surface area (Å²) in [4.78, 5) is 36.7. The van der Waals surface area contributed by atoms with Crippen LogP contribution in [0.4, 0.5) is 5.69 Å². The average molecular weight is 370 g/mol. The second-order valence-corrected chi connectivity index (χ2v) is 6.44. The van der Waals surface area contributed by atoms with Gasteiger partial charge in [-0.3, -0.25) is 14.9 Å². The first-order chi connectivity index (χ1) is 12.8. The van der Waals surface area contributed by atoms with Crippen LogP contribution in [0.15, 0.2) is 48.5 Å². The number of nitro benzene ring substituents is 1. The van der Waals surface area contributed by atoms with Crippen molar-refractivity contribution < 1.29 is 19.2 Å². The van der Waals surface area contributed by atoms with Crippen molar-refractivity contribution in [1.29, 1.82) is 0 Å². The van der Waals surface area contributed by atoms with Gasteiger partial charge in [-0.05, 0) is 32.4 Å². The third-order valence-electron chi connectivity index (χ3n) is 4.11. The second kappa shape index (κ2) is 8.93. The quantitative estimate of drug-likeness (QED) is 0.423. The Morgan fingerprint density at radius 1 is 1.15 bits per heavy atom. The highest BCUT2D eigenvalue weighted by Gasteiger charge is 2.21. The van der Waals surface area contributed by atoms with Gasteiger partial charge in [-0.15, -0.1) is 0 Å². The predicted octanol–water partition coefficient (Wildman–Crippen LogP) is 3.50. The first-order valence-corrected chi connectivity index (χ1v) is 8.55. The molecule has 0 saturated heterocycles. The van der Waals surface area contributed by atoms with Crippen molar-refractivity contribution in [2.75, 3.05) is 6.61 Å². The van der Waals surface area contributed by atoms with E-state index in [4.69, 9.17) is 4.74 Å². The Labute approximate surface area is 157 Å². The van der Waals surface area contributed by atoms with Crippen molar-refractivity contribution in [2.24, 2.45) is 0 Å². The number of amides is 1. The molecular weight excluding hydrogens is 348 g/mol. The Bertz CT molecular complexity index is 834. The minimum absolute atomic E-state index is 0.0410. The van der Waals surface area contributed by atoms with Crippen molar-refractivity contribution in [2.45, 2.75) is 33.4 Å². The van der Waals surface area contributed by atoms with E-state index in [1.807, 2.05) is 44.2 Å². The molecule has 0 bridgehead atoms. The molecule has 2 aromatic carbocycles. The number of hydrogen-bond donors (Lipinski definition) is 0. The zero-order valence-electron chi connectivity index (χ0n) is 15.5. The van der Waals surface area contributed by atoms with Gasteiger partial charge in [-0.1, -0.05) is 36.4 Å². The number of benzene rings is 2. The maximum absolute atomic E-state index is 12.5. The Kier molecular flexibility index (Phi) is 6.65. The van der Waals surface area contributed by atoms with Gasteiger partial charge in [0, 0.05) is 24.2 Å². The number of rotatable bonds is 7. The Balaban J connectivity index is 2.03. The molecule has 0 spiro atoms. The third kappa shape index (κ3) is 5.37. The summed E-state index contributed by atoms with van der Waals surface area (Å²) in [5, 5.41) is 11.0. The molecule has 0 atom stereocenters. The van der Waals surface area contributed by atoms with E-state index in [-0.39, 0.29) is 23.2 Å². The molecule has 0 unspecified atom stereocenters. The smallest absolute Gasteiger partial charge is 0.338 e. The summed E-state index contributed by atoms with van der Waals surface area (Å²) in [5.74, 6) is -1.10. The van der Waals surface area contributed by atoms with Gasteiger partial charge in [0.25, 0.3) is 11.6 Å². The highest BCUT2D eigenvalue weighted by Crippen LogP contribution is 2.20. The van der Waals surface area contributed by atoms with Crippen LogP contribution in [0.1, 0.15) is 35.3 Å². The van der Waals surface area contributed by atoms with Crippen LogP contribution in [-0.4, -0.2) is 34.3 Å². The van der Waals surface area contributed by atoms with Crippen LogP contribution in [0, 0.1) is 17.0 Å². The van der Waals surface area contributed by atoms with E-state index in [9.17, 15) is 19.7 Å². The van der Waals surface area contributed by atoms with Gasteiger partial charge in [0.2, 0.25) is 0 Å². The normalized spacial score (nSPS) is 10.5. The van der Waals surface area contributed by atoms with Gasteiger partial charge in [0.15, 0.2) is 6.61 Å². The molecule has 7 heteroatoms. The summed E-state index contributed by atoms with van der Waals surface area (Å²) < 4.78 is 5.08. The molecule has 0 aliphatic rings. The van der Waals surface area contributed by atoms with Crippen LogP contribution in [-0.2, 0) is 16.1 Å². The van der Waals surface area contributed by atoms with E-state index in [0.717, 1.165) is 11.6 Å². The van der Waals surface area contributed by atoms with Crippen LogP contribution < -0.4 is 0 Å². The Morgan fingerprint density at radius 2 is 1.81 bits per heavy atom. The highest BCUT2D eigenvalue weighted by atomic mass is 16.6. The molecule has 142 valence electrons. The average Bonchev–Trinajstić information content (AvgIpc) is 2.64. The SMILES string of the molecule is Cc1ccc(C(=O)OCC(=O)N(Cc2ccccc2)C(C)C)cc1[N+](=O)[O-]. The number of carbonyl (C=O) groups excluding carboxylic acids is 2. The van der Waals surface area contributed by atoms with Crippen molar-refractivity contribution in [3.8, 4) is 0 Å². The number of esters is 1. The third-order valence-corrected chi connectivity index (χ3v) is 4.11. The lowest BCUT2D eigenvalue weighted by atomic mass is 10.1. The van der Waals surface area contributed by atoms with E-state index >= 15 is 0 Å². The summed E-state index contributed by atoms with van der Waals surface area (Å²) in [6.07, 6.45) is 0. The van der Waals surface area contributed by atoms with Crippen LogP contribution in [0.2, 0.25) is 0 Å². The van der Waals surface area contributed by atoms with Gasteiger partial charge < -0.3 is 9.64 Å². The minimum atomic E-state index is -0.769. The number of nitro groups is 1. The van der Waals surface area contributed by atoms with E-state index in [2.05, 4.69) is 0 Å². The number of aryl methyl sites for hydroxylation is 1. The van der Waals surface area contributed by atoms with Crippen molar-refractivity contribution in [1.82, 2.24) is 4.90 Å². The predicted molar refractivity (Wildman–Crippen MR) is 100 cm³/mol. The van der Waals surface area contributed by atoms with Gasteiger partial charge in [-0.2, -0.15) is 0 Å². The van der Waals surface area contributed by atoms with E-state index in [0.29, 0.717) is 12.1 Å². The molecule has 0 aliphatic heterocycles. The summed E-state index contributed by atoms with van der Waals surface area (Å²) >= 11 is 0.